The van der Waals surface area contributed by atoms with E-state index in [1.165, 1.54) is 4.90 Å². The van der Waals surface area contributed by atoms with Crippen LogP contribution in [0, 0.1) is 5.41 Å². The molecular weight excluding hydrogens is 220 g/mol. The molecule has 1 saturated heterocycles. The number of carboxylic acid groups (broad SMARTS) is 1. The summed E-state index contributed by atoms with van der Waals surface area (Å²) < 4.78 is 0. The van der Waals surface area contributed by atoms with Crippen molar-refractivity contribution in [3.63, 3.8) is 0 Å². The lowest BCUT2D eigenvalue weighted by molar-refractivity contribution is -0.148. The molecule has 0 spiro atoms. The number of carbonyl (C=O) groups is 2. The molecule has 0 bridgehead atoms. The molecule has 1 aliphatic heterocycles. The van der Waals surface area contributed by atoms with E-state index in [9.17, 15) is 9.59 Å². The maximum Gasteiger partial charge on any atom is 0.326 e. The van der Waals surface area contributed by atoms with Crippen LogP contribution in [0.4, 0.5) is 0 Å². The van der Waals surface area contributed by atoms with Crippen LogP contribution in [0.2, 0.25) is 0 Å². The fourth-order valence-electron chi connectivity index (χ4n) is 1.93. The fraction of sp³-hybridized carbons (Fsp3) is 0.833. The Balaban J connectivity index is 2.61. The first-order valence-corrected chi connectivity index (χ1v) is 6.01. The Hall–Kier alpha value is -1.10. The zero-order valence-electron chi connectivity index (χ0n) is 10.8. The number of nitrogens with zero attached hydrogens (tertiary/aromatic N) is 1. The molecule has 3 N–H and O–H groups in total. The molecule has 1 amide bonds. The molecular formula is C12H22N2O3. The summed E-state index contributed by atoms with van der Waals surface area (Å²) in [7, 11) is 0. The molecule has 0 aromatic rings. The molecule has 1 rings (SSSR count). The molecule has 5 heteroatoms. The Morgan fingerprint density at radius 2 is 2.06 bits per heavy atom. The van der Waals surface area contributed by atoms with E-state index in [4.69, 9.17) is 10.8 Å². The Morgan fingerprint density at radius 3 is 2.53 bits per heavy atom. The van der Waals surface area contributed by atoms with Crippen molar-refractivity contribution in [3.8, 4) is 0 Å². The summed E-state index contributed by atoms with van der Waals surface area (Å²) >= 11 is 0. The van der Waals surface area contributed by atoms with Gasteiger partial charge in [-0.25, -0.2) is 4.79 Å². The van der Waals surface area contributed by atoms with Crippen LogP contribution >= 0.6 is 0 Å². The Morgan fingerprint density at radius 1 is 1.47 bits per heavy atom. The third kappa shape index (κ3) is 3.43. The van der Waals surface area contributed by atoms with Gasteiger partial charge in [0.05, 0.1) is 0 Å². The second kappa shape index (κ2) is 5.04. The Bertz CT molecular complexity index is 309. The van der Waals surface area contributed by atoms with Crippen LogP contribution in [0.15, 0.2) is 0 Å². The summed E-state index contributed by atoms with van der Waals surface area (Å²) in [6.45, 7) is 6.46. The van der Waals surface area contributed by atoms with Gasteiger partial charge in [0.25, 0.3) is 0 Å². The largest absolute Gasteiger partial charge is 0.480 e. The summed E-state index contributed by atoms with van der Waals surface area (Å²) in [5, 5.41) is 9.00. The lowest BCUT2D eigenvalue weighted by Gasteiger charge is -2.29. The maximum absolute atomic E-state index is 12.0. The molecule has 2 unspecified atom stereocenters. The van der Waals surface area contributed by atoms with E-state index in [0.29, 0.717) is 13.0 Å². The highest BCUT2D eigenvalue weighted by molar-refractivity contribution is 5.84. The number of hydrogen-bond donors (Lipinski definition) is 2. The van der Waals surface area contributed by atoms with Crippen LogP contribution < -0.4 is 5.73 Å². The predicted molar refractivity (Wildman–Crippen MR) is 64.4 cm³/mol. The molecule has 2 atom stereocenters. The molecule has 1 fully saturated rings. The van der Waals surface area contributed by atoms with E-state index >= 15 is 0 Å². The molecule has 0 aliphatic carbocycles. The zero-order valence-corrected chi connectivity index (χ0v) is 10.8. The molecule has 0 aromatic heterocycles. The second-order valence-electron chi connectivity index (χ2n) is 5.76. The van der Waals surface area contributed by atoms with Crippen LogP contribution in [0.25, 0.3) is 0 Å². The van der Waals surface area contributed by atoms with Crippen LogP contribution in [0.5, 0.6) is 0 Å². The Labute approximate surface area is 102 Å². The minimum atomic E-state index is -0.916. The molecule has 1 heterocycles. The van der Waals surface area contributed by atoms with Crippen molar-refractivity contribution in [2.45, 2.75) is 52.1 Å². The first kappa shape index (κ1) is 14.0. The smallest absolute Gasteiger partial charge is 0.326 e. The van der Waals surface area contributed by atoms with Crippen molar-refractivity contribution in [2.75, 3.05) is 6.54 Å². The molecule has 98 valence electrons. The number of carboxylic acids is 1. The summed E-state index contributed by atoms with van der Waals surface area (Å²) in [6, 6.07) is -0.903. The van der Waals surface area contributed by atoms with Crippen molar-refractivity contribution >= 4 is 11.9 Å². The number of aliphatic carboxylic acids is 1. The van der Waals surface area contributed by atoms with Crippen LogP contribution in [-0.4, -0.2) is 40.5 Å². The average molecular weight is 242 g/mol. The number of carbonyl (C=O) groups excluding carboxylic acids is 1. The van der Waals surface area contributed by atoms with Gasteiger partial charge < -0.3 is 15.7 Å². The van der Waals surface area contributed by atoms with Gasteiger partial charge in [0.2, 0.25) is 5.91 Å². The quantitative estimate of drug-likeness (QED) is 0.767. The van der Waals surface area contributed by atoms with Gasteiger partial charge in [0, 0.05) is 19.0 Å². The van der Waals surface area contributed by atoms with Crippen LogP contribution in [0.1, 0.15) is 40.0 Å². The van der Waals surface area contributed by atoms with E-state index in [1.807, 2.05) is 20.8 Å². The number of nitrogens with two attached hydrogens (primary N) is 1. The zero-order chi connectivity index (χ0) is 13.2. The molecule has 0 aromatic carbocycles. The van der Waals surface area contributed by atoms with E-state index in [2.05, 4.69) is 0 Å². The Kier molecular flexibility index (Phi) is 4.14. The van der Waals surface area contributed by atoms with Crippen molar-refractivity contribution in [1.29, 1.82) is 0 Å². The topological polar surface area (TPSA) is 83.6 Å². The van der Waals surface area contributed by atoms with Gasteiger partial charge in [-0.2, -0.15) is 0 Å². The highest BCUT2D eigenvalue weighted by Crippen LogP contribution is 2.23. The van der Waals surface area contributed by atoms with Gasteiger partial charge in [-0.15, -0.1) is 0 Å². The normalized spacial score (nSPS) is 22.6. The standard InChI is InChI=1S/C12H22N2O3/c1-12(2,3)9(13)7-10(15)14-6-4-5-8(14)11(16)17/h8-9H,4-7,13H2,1-3H3,(H,16,17). The average Bonchev–Trinajstić information content (AvgIpc) is 2.63. The SMILES string of the molecule is CC(C)(C)C(N)CC(=O)N1CCCC1C(=O)O. The predicted octanol–water partition coefficient (Wildman–Crippen LogP) is 0.826. The summed E-state index contributed by atoms with van der Waals surface area (Å²) in [5.41, 5.74) is 5.80. The monoisotopic (exact) mass is 242 g/mol. The van der Waals surface area contributed by atoms with Crippen LogP contribution in [-0.2, 0) is 9.59 Å². The van der Waals surface area contributed by atoms with E-state index in [1.54, 1.807) is 0 Å². The lowest BCUT2D eigenvalue weighted by Crippen LogP contribution is -2.45. The van der Waals surface area contributed by atoms with E-state index in [0.717, 1.165) is 6.42 Å². The number of rotatable bonds is 3. The van der Waals surface area contributed by atoms with Crippen molar-refractivity contribution in [2.24, 2.45) is 11.1 Å². The number of hydrogen-bond acceptors (Lipinski definition) is 3. The molecule has 0 radical (unpaired) electrons. The first-order chi connectivity index (χ1) is 7.73. The third-order valence-electron chi connectivity index (χ3n) is 3.37. The van der Waals surface area contributed by atoms with Crippen molar-refractivity contribution in [3.05, 3.63) is 0 Å². The van der Waals surface area contributed by atoms with Gasteiger partial charge >= 0.3 is 5.97 Å². The summed E-state index contributed by atoms with van der Waals surface area (Å²) in [5.74, 6) is -1.06. The van der Waals surface area contributed by atoms with E-state index in [-0.39, 0.29) is 23.8 Å². The van der Waals surface area contributed by atoms with Crippen LogP contribution in [0.3, 0.4) is 0 Å². The third-order valence-corrected chi connectivity index (χ3v) is 3.37. The second-order valence-corrected chi connectivity index (χ2v) is 5.76. The van der Waals surface area contributed by atoms with Gasteiger partial charge in [-0.05, 0) is 18.3 Å². The highest BCUT2D eigenvalue weighted by Gasteiger charge is 2.35. The fourth-order valence-corrected chi connectivity index (χ4v) is 1.93. The van der Waals surface area contributed by atoms with Crippen molar-refractivity contribution < 1.29 is 14.7 Å². The lowest BCUT2D eigenvalue weighted by atomic mass is 9.85. The van der Waals surface area contributed by atoms with Gasteiger partial charge in [0.1, 0.15) is 6.04 Å². The summed E-state index contributed by atoms with van der Waals surface area (Å²) in [4.78, 5) is 24.4. The molecule has 5 nitrogen and oxygen atoms in total. The minimum absolute atomic E-state index is 0.141. The van der Waals surface area contributed by atoms with Gasteiger partial charge in [0.15, 0.2) is 0 Å². The minimum Gasteiger partial charge on any atom is -0.480 e. The summed E-state index contributed by atoms with van der Waals surface area (Å²) in [6.07, 6.45) is 1.52. The van der Waals surface area contributed by atoms with E-state index < -0.39 is 12.0 Å². The number of amides is 1. The number of likely N-dealkylation sites (tertiary alicyclic amines) is 1. The maximum atomic E-state index is 12.0. The van der Waals surface area contributed by atoms with Crippen molar-refractivity contribution in [1.82, 2.24) is 4.90 Å². The highest BCUT2D eigenvalue weighted by atomic mass is 16.4. The molecule has 1 aliphatic rings. The molecule has 0 saturated carbocycles. The first-order valence-electron chi connectivity index (χ1n) is 6.01. The molecule has 17 heavy (non-hydrogen) atoms. The van der Waals surface area contributed by atoms with Gasteiger partial charge in [-0.1, -0.05) is 20.8 Å². The van der Waals surface area contributed by atoms with Gasteiger partial charge in [-0.3, -0.25) is 4.79 Å².